The highest BCUT2D eigenvalue weighted by atomic mass is 16.3. The van der Waals surface area contributed by atoms with Crippen LogP contribution in [0.2, 0.25) is 0 Å². The molecule has 2 aromatic rings. The fourth-order valence-electron chi connectivity index (χ4n) is 7.82. The molecule has 5 rings (SSSR count). The molecule has 0 spiro atoms. The number of aryl methyl sites for hydroxylation is 4. The average Bonchev–Trinajstić information content (AvgIpc) is 3.37. The summed E-state index contributed by atoms with van der Waals surface area (Å²) >= 11 is 0. The topological polar surface area (TPSA) is 40.5 Å². The van der Waals surface area contributed by atoms with Gasteiger partial charge in [-0.25, -0.2) is 0 Å². The summed E-state index contributed by atoms with van der Waals surface area (Å²) < 4.78 is 0. The maximum Gasteiger partial charge on any atom is 0.121 e. The van der Waals surface area contributed by atoms with Crippen LogP contribution in [0.1, 0.15) is 59.1 Å². The second-order valence-corrected chi connectivity index (χ2v) is 10.8. The molecule has 2 N–H and O–H groups in total. The summed E-state index contributed by atoms with van der Waals surface area (Å²) in [6.45, 7) is 8.10. The van der Waals surface area contributed by atoms with E-state index in [1.807, 2.05) is 27.7 Å². The van der Waals surface area contributed by atoms with Crippen LogP contribution in [-0.4, -0.2) is 10.2 Å². The van der Waals surface area contributed by atoms with Crippen molar-refractivity contribution in [3.8, 4) is 11.5 Å². The lowest BCUT2D eigenvalue weighted by Crippen LogP contribution is -2.29. The standard InChI is InChI=1S/C28H36O2/c1-15-7-19(8-16(2)27(15)29)11-21-5-6-24-25-14-23(26(21)24)13-22(25)12-20-9-17(3)28(30)18(4)10-20/h7-10,21-26,29-30H,5-6,11-14H2,1-4H3. The van der Waals surface area contributed by atoms with Crippen molar-refractivity contribution < 1.29 is 10.2 Å². The molecule has 30 heavy (non-hydrogen) atoms. The first-order valence-corrected chi connectivity index (χ1v) is 11.9. The summed E-state index contributed by atoms with van der Waals surface area (Å²) in [6, 6.07) is 8.83. The molecule has 2 bridgehead atoms. The van der Waals surface area contributed by atoms with Gasteiger partial charge in [0, 0.05) is 0 Å². The Morgan fingerprint density at radius 3 is 1.70 bits per heavy atom. The second-order valence-electron chi connectivity index (χ2n) is 10.8. The summed E-state index contributed by atoms with van der Waals surface area (Å²) in [4.78, 5) is 0. The van der Waals surface area contributed by atoms with Crippen LogP contribution in [0.15, 0.2) is 24.3 Å². The first-order valence-electron chi connectivity index (χ1n) is 11.9. The highest BCUT2D eigenvalue weighted by Crippen LogP contribution is 2.63. The van der Waals surface area contributed by atoms with E-state index in [4.69, 9.17) is 0 Å². The zero-order valence-corrected chi connectivity index (χ0v) is 18.9. The minimum Gasteiger partial charge on any atom is -0.507 e. The van der Waals surface area contributed by atoms with Crippen molar-refractivity contribution in [3.05, 3.63) is 57.6 Å². The summed E-state index contributed by atoms with van der Waals surface area (Å²) in [5, 5.41) is 20.2. The second kappa shape index (κ2) is 7.32. The highest BCUT2D eigenvalue weighted by molar-refractivity contribution is 5.43. The molecule has 3 aliphatic rings. The Morgan fingerprint density at radius 2 is 1.17 bits per heavy atom. The van der Waals surface area contributed by atoms with Gasteiger partial charge < -0.3 is 10.2 Å². The molecule has 3 fully saturated rings. The van der Waals surface area contributed by atoms with Gasteiger partial charge in [-0.05, 0) is 135 Å². The van der Waals surface area contributed by atoms with Crippen molar-refractivity contribution in [1.82, 2.24) is 0 Å². The van der Waals surface area contributed by atoms with Crippen molar-refractivity contribution in [2.24, 2.45) is 35.5 Å². The van der Waals surface area contributed by atoms with E-state index in [-0.39, 0.29) is 0 Å². The molecular formula is C28H36O2. The fourth-order valence-corrected chi connectivity index (χ4v) is 7.82. The third-order valence-electron chi connectivity index (χ3n) is 8.89. The highest BCUT2D eigenvalue weighted by Gasteiger charge is 2.56. The number of phenols is 2. The van der Waals surface area contributed by atoms with Gasteiger partial charge in [-0.2, -0.15) is 0 Å². The molecule has 2 aromatic carbocycles. The maximum absolute atomic E-state index is 10.1. The molecule has 6 unspecified atom stereocenters. The molecule has 160 valence electrons. The normalized spacial score (nSPS) is 32.0. The van der Waals surface area contributed by atoms with Gasteiger partial charge in [0.05, 0.1) is 0 Å². The van der Waals surface area contributed by atoms with Crippen LogP contribution in [0.5, 0.6) is 11.5 Å². The van der Waals surface area contributed by atoms with Crippen LogP contribution in [0.25, 0.3) is 0 Å². The van der Waals surface area contributed by atoms with Gasteiger partial charge in [-0.1, -0.05) is 24.3 Å². The monoisotopic (exact) mass is 404 g/mol. The van der Waals surface area contributed by atoms with Crippen LogP contribution >= 0.6 is 0 Å². The number of phenolic OH excluding ortho intramolecular Hbond substituents is 2. The molecule has 0 aliphatic heterocycles. The van der Waals surface area contributed by atoms with E-state index in [2.05, 4.69) is 24.3 Å². The molecular weight excluding hydrogens is 368 g/mol. The maximum atomic E-state index is 10.1. The molecule has 0 radical (unpaired) electrons. The Bertz CT molecular complexity index is 929. The lowest BCUT2D eigenvalue weighted by Gasteiger charge is -2.34. The molecule has 2 heteroatoms. The van der Waals surface area contributed by atoms with Crippen LogP contribution in [0.3, 0.4) is 0 Å². The molecule has 0 saturated heterocycles. The van der Waals surface area contributed by atoms with Gasteiger partial charge in [0.15, 0.2) is 0 Å². The van der Waals surface area contributed by atoms with Gasteiger partial charge in [-0.15, -0.1) is 0 Å². The van der Waals surface area contributed by atoms with E-state index in [1.54, 1.807) is 0 Å². The number of hydrogen-bond acceptors (Lipinski definition) is 2. The Balaban J connectivity index is 1.29. The SMILES string of the molecule is Cc1cc(CC2CC3CC2C2CCC(Cc4cc(C)c(O)c(C)c4)C32)cc(C)c1O. The van der Waals surface area contributed by atoms with Gasteiger partial charge in [0.2, 0.25) is 0 Å². The Kier molecular flexibility index (Phi) is 4.87. The predicted octanol–water partition coefficient (Wildman–Crippen LogP) is 6.42. The summed E-state index contributed by atoms with van der Waals surface area (Å²) in [5.41, 5.74) is 6.92. The van der Waals surface area contributed by atoms with E-state index in [0.29, 0.717) is 11.5 Å². The molecule has 0 heterocycles. The first kappa shape index (κ1) is 20.0. The number of rotatable bonds is 4. The van der Waals surface area contributed by atoms with Crippen molar-refractivity contribution in [2.45, 2.75) is 66.2 Å². The van der Waals surface area contributed by atoms with Crippen LogP contribution in [0, 0.1) is 63.2 Å². The summed E-state index contributed by atoms with van der Waals surface area (Å²) in [5.74, 6) is 6.25. The van der Waals surface area contributed by atoms with Crippen molar-refractivity contribution >= 4 is 0 Å². The minimum atomic E-state index is 0.463. The average molecular weight is 405 g/mol. The minimum absolute atomic E-state index is 0.463. The van der Waals surface area contributed by atoms with Crippen molar-refractivity contribution in [3.63, 3.8) is 0 Å². The number of benzene rings is 2. The predicted molar refractivity (Wildman–Crippen MR) is 122 cm³/mol. The van der Waals surface area contributed by atoms with Crippen LogP contribution in [0.4, 0.5) is 0 Å². The molecule has 3 aliphatic carbocycles. The largest absolute Gasteiger partial charge is 0.507 e. The molecule has 0 amide bonds. The van der Waals surface area contributed by atoms with Gasteiger partial charge in [-0.3, -0.25) is 0 Å². The first-order chi connectivity index (χ1) is 14.3. The zero-order valence-electron chi connectivity index (χ0n) is 18.9. The van der Waals surface area contributed by atoms with E-state index in [1.165, 1.54) is 49.7 Å². The Labute approximate surface area is 181 Å². The molecule has 3 saturated carbocycles. The zero-order chi connectivity index (χ0) is 21.2. The van der Waals surface area contributed by atoms with Crippen molar-refractivity contribution in [1.29, 1.82) is 0 Å². The molecule has 0 aromatic heterocycles. The van der Waals surface area contributed by atoms with Crippen LogP contribution in [-0.2, 0) is 12.8 Å². The fraction of sp³-hybridized carbons (Fsp3) is 0.571. The van der Waals surface area contributed by atoms with E-state index in [0.717, 1.165) is 57.8 Å². The van der Waals surface area contributed by atoms with Gasteiger partial charge in [0.25, 0.3) is 0 Å². The smallest absolute Gasteiger partial charge is 0.121 e. The van der Waals surface area contributed by atoms with Crippen LogP contribution < -0.4 is 0 Å². The third-order valence-corrected chi connectivity index (χ3v) is 8.89. The summed E-state index contributed by atoms with van der Waals surface area (Å²) in [6.07, 6.45) is 8.01. The summed E-state index contributed by atoms with van der Waals surface area (Å²) in [7, 11) is 0. The Morgan fingerprint density at radius 1 is 0.667 bits per heavy atom. The lowest BCUT2D eigenvalue weighted by molar-refractivity contribution is 0.159. The van der Waals surface area contributed by atoms with Gasteiger partial charge >= 0.3 is 0 Å². The van der Waals surface area contributed by atoms with E-state index < -0.39 is 0 Å². The quantitative estimate of drug-likeness (QED) is 0.618. The Hall–Kier alpha value is -1.96. The van der Waals surface area contributed by atoms with E-state index in [9.17, 15) is 10.2 Å². The lowest BCUT2D eigenvalue weighted by atomic mass is 9.71. The number of aromatic hydroxyl groups is 2. The third kappa shape index (κ3) is 3.24. The number of hydrogen-bond donors (Lipinski definition) is 2. The van der Waals surface area contributed by atoms with Gasteiger partial charge in [0.1, 0.15) is 11.5 Å². The molecule has 6 atom stereocenters. The molecule has 2 nitrogen and oxygen atoms in total. The number of fused-ring (bicyclic) bond motifs is 5. The van der Waals surface area contributed by atoms with E-state index >= 15 is 0 Å². The van der Waals surface area contributed by atoms with Crippen molar-refractivity contribution in [2.75, 3.05) is 0 Å².